The largest absolute Gasteiger partial charge is 0.468 e. The van der Waals surface area contributed by atoms with Crippen molar-refractivity contribution in [1.29, 1.82) is 0 Å². The second-order valence-electron chi connectivity index (χ2n) is 5.22. The molecule has 1 heterocycles. The molecule has 0 bridgehead atoms. The molecule has 0 aliphatic heterocycles. The molecular formula is C13H22N4O3S. The van der Waals surface area contributed by atoms with Crippen molar-refractivity contribution in [3.05, 3.63) is 10.5 Å². The fourth-order valence-corrected chi connectivity index (χ4v) is 4.24. The fraction of sp³-hybridized carbons (Fsp3) is 0.769. The van der Waals surface area contributed by atoms with Crippen LogP contribution in [0.2, 0.25) is 0 Å². The molecular weight excluding hydrogens is 292 g/mol. The molecule has 7 nitrogen and oxygen atoms in total. The van der Waals surface area contributed by atoms with E-state index in [0.717, 1.165) is 19.3 Å². The number of ether oxygens (including phenoxy) is 1. The quantitative estimate of drug-likeness (QED) is 0.780. The number of carbonyl (C=O) groups is 1. The van der Waals surface area contributed by atoms with Gasteiger partial charge in [0.1, 0.15) is 5.54 Å². The third kappa shape index (κ3) is 3.16. The number of carbonyl (C=O) groups excluding carboxylic acids is 1. The highest BCUT2D eigenvalue weighted by Crippen LogP contribution is 2.37. The Morgan fingerprint density at radius 1 is 1.67 bits per heavy atom. The zero-order chi connectivity index (χ0) is 15.5. The van der Waals surface area contributed by atoms with Crippen LogP contribution in [0, 0.1) is 0 Å². The number of rotatable bonds is 5. The second-order valence-corrected chi connectivity index (χ2v) is 6.48. The summed E-state index contributed by atoms with van der Waals surface area (Å²) in [4.78, 5) is 23.7. The first-order valence-corrected chi connectivity index (χ1v) is 8.03. The molecule has 2 rings (SSSR count). The molecule has 0 radical (unpaired) electrons. The van der Waals surface area contributed by atoms with Crippen molar-refractivity contribution in [1.82, 2.24) is 20.1 Å². The Labute approximate surface area is 127 Å². The van der Waals surface area contributed by atoms with Gasteiger partial charge in [0.2, 0.25) is 0 Å². The Morgan fingerprint density at radius 3 is 3.05 bits per heavy atom. The number of likely N-dealkylation sites (N-methyl/N-ethyl adjacent to an activating group) is 1. The Bertz CT molecular complexity index is 556. The average molecular weight is 314 g/mol. The fourth-order valence-electron chi connectivity index (χ4n) is 2.86. The normalized spacial score (nSPS) is 25.8. The van der Waals surface area contributed by atoms with Gasteiger partial charge in [-0.3, -0.25) is 9.36 Å². The van der Waals surface area contributed by atoms with Crippen LogP contribution in [0.3, 0.4) is 0 Å². The van der Waals surface area contributed by atoms with Gasteiger partial charge in [0.15, 0.2) is 5.16 Å². The summed E-state index contributed by atoms with van der Waals surface area (Å²) in [5, 5.41) is 10.6. The lowest BCUT2D eigenvalue weighted by Crippen LogP contribution is -2.54. The molecule has 2 atom stereocenters. The molecule has 2 N–H and O–H groups in total. The van der Waals surface area contributed by atoms with E-state index in [9.17, 15) is 9.59 Å². The predicted octanol–water partition coefficient (Wildman–Crippen LogP) is 0.757. The summed E-state index contributed by atoms with van der Waals surface area (Å²) in [6, 6.07) is 0. The maximum atomic E-state index is 12.1. The maximum absolute atomic E-state index is 12.1. The Morgan fingerprint density at radius 2 is 2.43 bits per heavy atom. The van der Waals surface area contributed by atoms with Crippen molar-refractivity contribution in [3.63, 3.8) is 0 Å². The van der Waals surface area contributed by atoms with Gasteiger partial charge in [0.25, 0.3) is 0 Å². The van der Waals surface area contributed by atoms with E-state index in [4.69, 9.17) is 4.74 Å². The van der Waals surface area contributed by atoms with Crippen LogP contribution in [-0.4, -0.2) is 45.7 Å². The molecule has 1 saturated carbocycles. The van der Waals surface area contributed by atoms with Crippen molar-refractivity contribution in [2.24, 2.45) is 0 Å². The number of esters is 1. The molecule has 2 unspecified atom stereocenters. The zero-order valence-electron chi connectivity index (χ0n) is 12.6. The highest BCUT2D eigenvalue weighted by Gasteiger charge is 2.43. The van der Waals surface area contributed by atoms with Crippen LogP contribution in [0.1, 0.15) is 32.6 Å². The summed E-state index contributed by atoms with van der Waals surface area (Å²) < 4.78 is 6.55. The third-order valence-electron chi connectivity index (χ3n) is 4.07. The van der Waals surface area contributed by atoms with Gasteiger partial charge in [-0.2, -0.15) is 0 Å². The number of nitrogens with zero attached hydrogens (tertiary/aromatic N) is 2. The molecule has 118 valence electrons. The standard InChI is InChI=1S/C13H22N4O3S/c1-4-17-11(19)15-16-12(17)21-9-6-5-7-13(8-9,14-2)10(18)20-3/h9,14H,4-8H2,1-3H3,(H,15,19). The monoisotopic (exact) mass is 314 g/mol. The maximum Gasteiger partial charge on any atom is 0.343 e. The minimum Gasteiger partial charge on any atom is -0.468 e. The van der Waals surface area contributed by atoms with Crippen molar-refractivity contribution in [2.45, 2.75) is 55.1 Å². The van der Waals surface area contributed by atoms with Crippen LogP contribution in [0.15, 0.2) is 9.95 Å². The average Bonchev–Trinajstić information content (AvgIpc) is 2.86. The summed E-state index contributed by atoms with van der Waals surface area (Å²) in [6.45, 7) is 2.49. The first-order chi connectivity index (χ1) is 10.1. The molecule has 1 aliphatic rings. The van der Waals surface area contributed by atoms with Crippen LogP contribution in [-0.2, 0) is 16.1 Å². The van der Waals surface area contributed by atoms with E-state index in [1.165, 1.54) is 7.11 Å². The summed E-state index contributed by atoms with van der Waals surface area (Å²) in [6.07, 6.45) is 3.38. The van der Waals surface area contributed by atoms with Crippen molar-refractivity contribution >= 4 is 17.7 Å². The Balaban J connectivity index is 2.14. The van der Waals surface area contributed by atoms with E-state index in [0.29, 0.717) is 18.1 Å². The van der Waals surface area contributed by atoms with Gasteiger partial charge < -0.3 is 10.1 Å². The van der Waals surface area contributed by atoms with E-state index in [1.807, 2.05) is 6.92 Å². The lowest BCUT2D eigenvalue weighted by molar-refractivity contribution is -0.149. The number of hydrogen-bond donors (Lipinski definition) is 2. The minimum absolute atomic E-state index is 0.191. The van der Waals surface area contributed by atoms with Gasteiger partial charge >= 0.3 is 11.7 Å². The van der Waals surface area contributed by atoms with Gasteiger partial charge in [-0.1, -0.05) is 11.8 Å². The molecule has 8 heteroatoms. The number of thioether (sulfide) groups is 1. The summed E-state index contributed by atoms with van der Waals surface area (Å²) in [7, 11) is 3.21. The van der Waals surface area contributed by atoms with Crippen LogP contribution in [0.4, 0.5) is 0 Å². The first kappa shape index (κ1) is 16.1. The van der Waals surface area contributed by atoms with Gasteiger partial charge in [-0.15, -0.1) is 5.10 Å². The third-order valence-corrected chi connectivity index (χ3v) is 5.33. The second kappa shape index (κ2) is 6.65. The molecule has 0 amide bonds. The summed E-state index contributed by atoms with van der Waals surface area (Å²) in [5.74, 6) is -0.217. The number of aromatic amines is 1. The summed E-state index contributed by atoms with van der Waals surface area (Å²) in [5.41, 5.74) is -0.818. The lowest BCUT2D eigenvalue weighted by atomic mass is 9.81. The van der Waals surface area contributed by atoms with Crippen molar-refractivity contribution < 1.29 is 9.53 Å². The van der Waals surface area contributed by atoms with E-state index in [-0.39, 0.29) is 16.9 Å². The number of H-pyrrole nitrogens is 1. The molecule has 0 saturated heterocycles. The smallest absolute Gasteiger partial charge is 0.343 e. The SMILES string of the molecule is CCn1c(SC2CCCC(NC)(C(=O)OC)C2)n[nH]c1=O. The molecule has 0 spiro atoms. The molecule has 1 aromatic heterocycles. The van der Waals surface area contributed by atoms with Gasteiger partial charge in [-0.25, -0.2) is 9.89 Å². The van der Waals surface area contributed by atoms with Crippen molar-refractivity contribution in [3.8, 4) is 0 Å². The van der Waals surface area contributed by atoms with E-state index in [1.54, 1.807) is 23.4 Å². The molecule has 21 heavy (non-hydrogen) atoms. The number of aromatic nitrogens is 3. The number of methoxy groups -OCH3 is 1. The molecule has 1 aromatic rings. The Kier molecular flexibility index (Phi) is 5.10. The van der Waals surface area contributed by atoms with Crippen LogP contribution >= 0.6 is 11.8 Å². The molecule has 0 aromatic carbocycles. The van der Waals surface area contributed by atoms with Gasteiger partial charge in [0.05, 0.1) is 7.11 Å². The van der Waals surface area contributed by atoms with Gasteiger partial charge in [-0.05, 0) is 39.7 Å². The topological polar surface area (TPSA) is 89.0 Å². The first-order valence-electron chi connectivity index (χ1n) is 7.15. The van der Waals surface area contributed by atoms with Crippen LogP contribution < -0.4 is 11.0 Å². The highest BCUT2D eigenvalue weighted by atomic mass is 32.2. The van der Waals surface area contributed by atoms with Crippen LogP contribution in [0.5, 0.6) is 0 Å². The van der Waals surface area contributed by atoms with E-state index in [2.05, 4.69) is 15.5 Å². The summed E-state index contributed by atoms with van der Waals surface area (Å²) >= 11 is 1.55. The van der Waals surface area contributed by atoms with Crippen molar-refractivity contribution in [2.75, 3.05) is 14.2 Å². The Hall–Kier alpha value is -1.28. The van der Waals surface area contributed by atoms with Crippen LogP contribution in [0.25, 0.3) is 0 Å². The molecule has 1 aliphatic carbocycles. The van der Waals surface area contributed by atoms with E-state index < -0.39 is 5.54 Å². The zero-order valence-corrected chi connectivity index (χ0v) is 13.5. The minimum atomic E-state index is -0.627. The lowest BCUT2D eigenvalue weighted by Gasteiger charge is -2.37. The number of hydrogen-bond acceptors (Lipinski definition) is 6. The number of nitrogens with one attached hydrogen (secondary N) is 2. The predicted molar refractivity (Wildman–Crippen MR) is 80.4 cm³/mol. The molecule has 1 fully saturated rings. The highest BCUT2D eigenvalue weighted by molar-refractivity contribution is 7.99. The van der Waals surface area contributed by atoms with E-state index >= 15 is 0 Å². The van der Waals surface area contributed by atoms with Gasteiger partial charge in [0, 0.05) is 11.8 Å².